The highest BCUT2D eigenvalue weighted by Gasteiger charge is 2.64. The second-order valence-corrected chi connectivity index (χ2v) is 6.21. The molecule has 0 heterocycles. The Morgan fingerprint density at radius 3 is 1.90 bits per heavy atom. The molecule has 2 fully saturated rings. The third-order valence-corrected chi connectivity index (χ3v) is 5.18. The van der Waals surface area contributed by atoms with Crippen molar-refractivity contribution < 1.29 is 4.79 Å². The fraction of sp³-hybridized carbons (Fsp3) is 0.316. The molecule has 0 bridgehead atoms. The molecule has 3 atom stereocenters. The number of carbonyl (C=O) groups is 1. The van der Waals surface area contributed by atoms with E-state index in [2.05, 4.69) is 60.7 Å². The fourth-order valence-corrected chi connectivity index (χ4v) is 3.96. The van der Waals surface area contributed by atoms with Gasteiger partial charge in [0.25, 0.3) is 0 Å². The van der Waals surface area contributed by atoms with Gasteiger partial charge in [0.2, 0.25) is 0 Å². The normalized spacial score (nSPS) is 29.7. The molecule has 2 aliphatic rings. The summed E-state index contributed by atoms with van der Waals surface area (Å²) in [5.74, 6) is 1.56. The Morgan fingerprint density at radius 1 is 0.900 bits per heavy atom. The van der Waals surface area contributed by atoms with Crippen LogP contribution in [0.3, 0.4) is 0 Å². The molecule has 2 aromatic rings. The lowest BCUT2D eigenvalue weighted by molar-refractivity contribution is -0.109. The Hall–Kier alpha value is -1.89. The molecule has 0 saturated heterocycles. The summed E-state index contributed by atoms with van der Waals surface area (Å²) in [4.78, 5) is 11.0. The van der Waals surface area contributed by atoms with Gasteiger partial charge < -0.3 is 4.79 Å². The molecule has 2 saturated carbocycles. The van der Waals surface area contributed by atoms with Crippen LogP contribution in [0, 0.1) is 17.8 Å². The molecule has 0 N–H and O–H groups in total. The number of hydrogen-bond acceptors (Lipinski definition) is 1. The summed E-state index contributed by atoms with van der Waals surface area (Å²) >= 11 is 0. The summed E-state index contributed by atoms with van der Waals surface area (Å²) in [6, 6.07) is 21.6. The van der Waals surface area contributed by atoms with E-state index in [0.717, 1.165) is 12.7 Å². The van der Waals surface area contributed by atoms with Crippen LogP contribution in [0.15, 0.2) is 60.7 Å². The zero-order chi connectivity index (χ0) is 13.6. The molecule has 100 valence electrons. The van der Waals surface area contributed by atoms with Crippen molar-refractivity contribution in [2.24, 2.45) is 17.8 Å². The third-order valence-electron chi connectivity index (χ3n) is 5.18. The predicted molar refractivity (Wildman–Crippen MR) is 79.4 cm³/mol. The summed E-state index contributed by atoms with van der Waals surface area (Å²) in [6.45, 7) is 0. The van der Waals surface area contributed by atoms with Gasteiger partial charge in [-0.25, -0.2) is 0 Å². The predicted octanol–water partition coefficient (Wildman–Crippen LogP) is 3.83. The molecule has 0 amide bonds. The van der Waals surface area contributed by atoms with Crippen molar-refractivity contribution in [3.63, 3.8) is 0 Å². The lowest BCUT2D eigenvalue weighted by atomic mass is 9.84. The van der Waals surface area contributed by atoms with Gasteiger partial charge in [-0.15, -0.1) is 0 Å². The largest absolute Gasteiger partial charge is 0.303 e. The van der Waals surface area contributed by atoms with Gasteiger partial charge in [-0.3, -0.25) is 0 Å². The van der Waals surface area contributed by atoms with Crippen LogP contribution in [0.2, 0.25) is 0 Å². The van der Waals surface area contributed by atoms with Crippen LogP contribution in [-0.2, 0) is 10.2 Å². The Morgan fingerprint density at radius 2 is 1.45 bits per heavy atom. The SMILES string of the molecule is O=CC1CC1C1CC1(c1ccccc1)c1ccccc1. The van der Waals surface area contributed by atoms with Gasteiger partial charge in [0.15, 0.2) is 0 Å². The maximum Gasteiger partial charge on any atom is 0.123 e. The molecule has 3 unspecified atom stereocenters. The molecule has 20 heavy (non-hydrogen) atoms. The standard InChI is InChI=1S/C19H18O/c20-13-14-11-17(14)18-12-19(18,15-7-3-1-4-8-15)16-9-5-2-6-10-16/h1-10,13-14,17-18H,11-12H2. The van der Waals surface area contributed by atoms with E-state index in [9.17, 15) is 4.79 Å². The topological polar surface area (TPSA) is 17.1 Å². The molecule has 4 rings (SSSR count). The lowest BCUT2D eigenvalue weighted by Gasteiger charge is -2.19. The Bertz CT molecular complexity index is 577. The molecule has 0 spiro atoms. The Labute approximate surface area is 119 Å². The Kier molecular flexibility index (Phi) is 2.56. The second-order valence-electron chi connectivity index (χ2n) is 6.21. The second kappa shape index (κ2) is 4.31. The van der Waals surface area contributed by atoms with Gasteiger partial charge in [0.05, 0.1) is 0 Å². The first kappa shape index (κ1) is 11.9. The van der Waals surface area contributed by atoms with Crippen molar-refractivity contribution in [2.45, 2.75) is 18.3 Å². The molecular weight excluding hydrogens is 244 g/mol. The van der Waals surface area contributed by atoms with Crippen molar-refractivity contribution in [1.29, 1.82) is 0 Å². The number of rotatable bonds is 4. The average molecular weight is 262 g/mol. The van der Waals surface area contributed by atoms with Crippen molar-refractivity contribution in [3.05, 3.63) is 71.8 Å². The summed E-state index contributed by atoms with van der Waals surface area (Å²) in [5.41, 5.74) is 2.98. The molecule has 2 aromatic carbocycles. The van der Waals surface area contributed by atoms with Crippen LogP contribution in [-0.4, -0.2) is 6.29 Å². The molecular formula is C19H18O. The molecule has 0 aliphatic heterocycles. The van der Waals surface area contributed by atoms with E-state index in [0.29, 0.717) is 17.8 Å². The highest BCUT2D eigenvalue weighted by molar-refractivity contribution is 5.60. The summed E-state index contributed by atoms with van der Waals surface area (Å²) in [5, 5.41) is 0. The number of aldehydes is 1. The molecule has 1 nitrogen and oxygen atoms in total. The molecule has 0 aromatic heterocycles. The smallest absolute Gasteiger partial charge is 0.123 e. The highest BCUT2D eigenvalue weighted by atomic mass is 16.1. The van der Waals surface area contributed by atoms with Gasteiger partial charge in [0, 0.05) is 11.3 Å². The minimum Gasteiger partial charge on any atom is -0.303 e. The first-order valence-electron chi connectivity index (χ1n) is 7.42. The van der Waals surface area contributed by atoms with Gasteiger partial charge in [-0.2, -0.15) is 0 Å². The summed E-state index contributed by atoms with van der Waals surface area (Å²) in [7, 11) is 0. The van der Waals surface area contributed by atoms with E-state index in [4.69, 9.17) is 0 Å². The third kappa shape index (κ3) is 1.66. The highest BCUT2D eigenvalue weighted by Crippen LogP contribution is 2.68. The fourth-order valence-electron chi connectivity index (χ4n) is 3.96. The van der Waals surface area contributed by atoms with Crippen LogP contribution in [0.1, 0.15) is 24.0 Å². The molecule has 0 radical (unpaired) electrons. The first-order valence-corrected chi connectivity index (χ1v) is 7.42. The molecule has 1 heteroatoms. The van der Waals surface area contributed by atoms with Gasteiger partial charge in [-0.1, -0.05) is 60.7 Å². The quantitative estimate of drug-likeness (QED) is 0.765. The Balaban J connectivity index is 1.75. The monoisotopic (exact) mass is 262 g/mol. The van der Waals surface area contributed by atoms with Crippen molar-refractivity contribution in [2.75, 3.05) is 0 Å². The van der Waals surface area contributed by atoms with Crippen LogP contribution in [0.25, 0.3) is 0 Å². The van der Waals surface area contributed by atoms with Gasteiger partial charge >= 0.3 is 0 Å². The lowest BCUT2D eigenvalue weighted by Crippen LogP contribution is -2.13. The maximum atomic E-state index is 11.0. The first-order chi connectivity index (χ1) is 9.86. The van der Waals surface area contributed by atoms with Crippen molar-refractivity contribution in [3.8, 4) is 0 Å². The van der Waals surface area contributed by atoms with Gasteiger partial charge in [0.1, 0.15) is 6.29 Å². The van der Waals surface area contributed by atoms with Crippen LogP contribution in [0.5, 0.6) is 0 Å². The van der Waals surface area contributed by atoms with Crippen molar-refractivity contribution in [1.82, 2.24) is 0 Å². The van der Waals surface area contributed by atoms with E-state index in [1.165, 1.54) is 17.5 Å². The van der Waals surface area contributed by atoms with Crippen LogP contribution in [0.4, 0.5) is 0 Å². The average Bonchev–Trinajstić information content (AvgIpc) is 3.41. The number of benzene rings is 2. The van der Waals surface area contributed by atoms with E-state index in [-0.39, 0.29) is 5.41 Å². The minimum atomic E-state index is 0.158. The van der Waals surface area contributed by atoms with Crippen LogP contribution < -0.4 is 0 Å². The van der Waals surface area contributed by atoms with E-state index < -0.39 is 0 Å². The van der Waals surface area contributed by atoms with E-state index in [1.807, 2.05) is 0 Å². The van der Waals surface area contributed by atoms with Gasteiger partial charge in [-0.05, 0) is 35.8 Å². The van der Waals surface area contributed by atoms with Crippen molar-refractivity contribution >= 4 is 6.29 Å². The zero-order valence-corrected chi connectivity index (χ0v) is 11.4. The van der Waals surface area contributed by atoms with E-state index >= 15 is 0 Å². The minimum absolute atomic E-state index is 0.158. The number of hydrogen-bond donors (Lipinski definition) is 0. The molecule has 2 aliphatic carbocycles. The van der Waals surface area contributed by atoms with E-state index in [1.54, 1.807) is 0 Å². The summed E-state index contributed by atoms with van der Waals surface area (Å²) in [6.07, 6.45) is 3.44. The zero-order valence-electron chi connectivity index (χ0n) is 11.4. The summed E-state index contributed by atoms with van der Waals surface area (Å²) < 4.78 is 0. The number of carbonyl (C=O) groups excluding carboxylic acids is 1. The van der Waals surface area contributed by atoms with Crippen LogP contribution >= 0.6 is 0 Å². The maximum absolute atomic E-state index is 11.0.